The normalized spacial score (nSPS) is 28.6. The van der Waals surface area contributed by atoms with Crippen LogP contribution in [0.5, 0.6) is 0 Å². The smallest absolute Gasteiger partial charge is 0.162 e. The molecule has 0 fully saturated rings. The summed E-state index contributed by atoms with van der Waals surface area (Å²) in [6, 6.07) is 0. The van der Waals surface area contributed by atoms with Crippen molar-refractivity contribution in [2.75, 3.05) is 0 Å². The third-order valence-corrected chi connectivity index (χ3v) is 1.83. The van der Waals surface area contributed by atoms with Crippen LogP contribution in [-0.4, -0.2) is 16.0 Å². The van der Waals surface area contributed by atoms with Crippen molar-refractivity contribution in [3.8, 4) is 0 Å². The van der Waals surface area contributed by atoms with Gasteiger partial charge in [-0.2, -0.15) is 0 Å². The molecule has 1 aliphatic rings. The third kappa shape index (κ3) is 2.50. The molecule has 58 valence electrons. The Morgan fingerprint density at radius 2 is 1.70 bits per heavy atom. The number of allylic oxidation sites excluding steroid dienone is 2. The van der Waals surface area contributed by atoms with Crippen molar-refractivity contribution >= 4 is 0 Å². The average molecular weight is 142 g/mol. The summed E-state index contributed by atoms with van der Waals surface area (Å²) in [6.07, 6.45) is 7.75. The molecule has 0 aliphatic heterocycles. The monoisotopic (exact) mass is 142 g/mol. The summed E-state index contributed by atoms with van der Waals surface area (Å²) >= 11 is 0. The summed E-state index contributed by atoms with van der Waals surface area (Å²) < 4.78 is 0. The molecule has 0 aromatic rings. The summed E-state index contributed by atoms with van der Waals surface area (Å²) in [5, 5.41) is 18.4. The van der Waals surface area contributed by atoms with E-state index in [9.17, 15) is 10.2 Å². The van der Waals surface area contributed by atoms with Crippen LogP contribution in [0.4, 0.5) is 0 Å². The van der Waals surface area contributed by atoms with Crippen molar-refractivity contribution in [1.29, 1.82) is 0 Å². The Hall–Kier alpha value is -0.340. The van der Waals surface area contributed by atoms with E-state index in [0.717, 1.165) is 19.3 Å². The highest BCUT2D eigenvalue weighted by atomic mass is 16.5. The first-order valence-corrected chi connectivity index (χ1v) is 3.80. The van der Waals surface area contributed by atoms with Crippen LogP contribution in [0.2, 0.25) is 0 Å². The van der Waals surface area contributed by atoms with Gasteiger partial charge >= 0.3 is 0 Å². The fraction of sp³-hybridized carbons (Fsp3) is 0.750. The Balaban J connectivity index is 2.43. The topological polar surface area (TPSA) is 40.5 Å². The zero-order chi connectivity index (χ0) is 7.45. The molecular weight excluding hydrogens is 128 g/mol. The van der Waals surface area contributed by atoms with Crippen molar-refractivity contribution in [3.63, 3.8) is 0 Å². The lowest BCUT2D eigenvalue weighted by atomic mass is 10.0. The highest BCUT2D eigenvalue weighted by Gasteiger charge is 2.21. The van der Waals surface area contributed by atoms with Crippen LogP contribution in [0, 0.1) is 0 Å². The maximum absolute atomic E-state index is 9.20. The van der Waals surface area contributed by atoms with Crippen LogP contribution in [0.25, 0.3) is 0 Å². The summed E-state index contributed by atoms with van der Waals surface area (Å²) in [5.74, 6) is -1.40. The Morgan fingerprint density at radius 3 is 2.50 bits per heavy atom. The molecule has 0 spiro atoms. The van der Waals surface area contributed by atoms with Crippen molar-refractivity contribution in [1.82, 2.24) is 0 Å². The van der Waals surface area contributed by atoms with Crippen molar-refractivity contribution < 1.29 is 10.2 Å². The van der Waals surface area contributed by atoms with Crippen molar-refractivity contribution in [2.45, 2.75) is 37.9 Å². The number of hydrogen-bond acceptors (Lipinski definition) is 2. The second-order valence-electron chi connectivity index (χ2n) is 2.88. The molecule has 0 heterocycles. The first kappa shape index (κ1) is 7.76. The molecule has 1 rings (SSSR count). The van der Waals surface area contributed by atoms with E-state index in [1.807, 2.05) is 6.08 Å². The predicted octanol–water partition coefficient (Wildman–Crippen LogP) is 1.19. The van der Waals surface area contributed by atoms with Gasteiger partial charge in [0.15, 0.2) is 5.79 Å². The lowest BCUT2D eigenvalue weighted by Gasteiger charge is -2.21. The zero-order valence-corrected chi connectivity index (χ0v) is 6.08. The molecular formula is C8H14O2. The van der Waals surface area contributed by atoms with Crippen LogP contribution in [0.3, 0.4) is 0 Å². The summed E-state index contributed by atoms with van der Waals surface area (Å²) in [7, 11) is 0. The highest BCUT2D eigenvalue weighted by molar-refractivity contribution is 4.86. The first-order chi connectivity index (χ1) is 4.71. The first-order valence-electron chi connectivity index (χ1n) is 3.80. The van der Waals surface area contributed by atoms with E-state index in [1.165, 1.54) is 0 Å². The lowest BCUT2D eigenvalue weighted by Crippen LogP contribution is -2.27. The quantitative estimate of drug-likeness (QED) is 0.394. The Labute approximate surface area is 61.2 Å². The largest absolute Gasteiger partial charge is 0.366 e. The molecule has 0 bridgehead atoms. The average Bonchev–Trinajstić information content (AvgIpc) is 1.81. The molecule has 0 saturated heterocycles. The Kier molecular flexibility index (Phi) is 2.46. The molecule has 0 saturated carbocycles. The van der Waals surface area contributed by atoms with Gasteiger partial charge in [0.2, 0.25) is 0 Å². The van der Waals surface area contributed by atoms with Crippen molar-refractivity contribution in [3.05, 3.63) is 12.2 Å². The molecule has 0 radical (unpaired) electrons. The third-order valence-electron chi connectivity index (χ3n) is 1.83. The van der Waals surface area contributed by atoms with Gasteiger partial charge in [-0.15, -0.1) is 0 Å². The number of hydrogen-bond donors (Lipinski definition) is 2. The van der Waals surface area contributed by atoms with E-state index >= 15 is 0 Å². The zero-order valence-electron chi connectivity index (χ0n) is 6.08. The van der Waals surface area contributed by atoms with Gasteiger partial charge in [-0.25, -0.2) is 0 Å². The SMILES string of the molecule is OC1(O)CC/C=C/CCC1. The lowest BCUT2D eigenvalue weighted by molar-refractivity contribution is -0.170. The fourth-order valence-electron chi connectivity index (χ4n) is 1.18. The van der Waals surface area contributed by atoms with Gasteiger partial charge in [0.05, 0.1) is 0 Å². The molecule has 2 N–H and O–H groups in total. The minimum atomic E-state index is -1.40. The van der Waals surface area contributed by atoms with Crippen LogP contribution < -0.4 is 0 Å². The van der Waals surface area contributed by atoms with Crippen LogP contribution >= 0.6 is 0 Å². The van der Waals surface area contributed by atoms with Gasteiger partial charge < -0.3 is 10.2 Å². The van der Waals surface area contributed by atoms with Gasteiger partial charge in [0.1, 0.15) is 0 Å². The number of aliphatic hydroxyl groups is 2. The Morgan fingerprint density at radius 1 is 1.00 bits per heavy atom. The summed E-state index contributed by atoms with van der Waals surface area (Å²) in [6.45, 7) is 0. The van der Waals surface area contributed by atoms with Gasteiger partial charge in [-0.05, 0) is 19.3 Å². The highest BCUT2D eigenvalue weighted by Crippen LogP contribution is 2.19. The van der Waals surface area contributed by atoms with Crippen molar-refractivity contribution in [2.24, 2.45) is 0 Å². The van der Waals surface area contributed by atoms with Crippen LogP contribution in [0.15, 0.2) is 12.2 Å². The number of rotatable bonds is 0. The van der Waals surface area contributed by atoms with Gasteiger partial charge in [0, 0.05) is 12.8 Å². The molecule has 0 aromatic carbocycles. The van der Waals surface area contributed by atoms with Gasteiger partial charge in [-0.3, -0.25) is 0 Å². The minimum Gasteiger partial charge on any atom is -0.366 e. The van der Waals surface area contributed by atoms with E-state index in [4.69, 9.17) is 0 Å². The summed E-state index contributed by atoms with van der Waals surface area (Å²) in [4.78, 5) is 0. The maximum Gasteiger partial charge on any atom is 0.162 e. The van der Waals surface area contributed by atoms with Crippen LogP contribution in [-0.2, 0) is 0 Å². The van der Waals surface area contributed by atoms with Gasteiger partial charge in [-0.1, -0.05) is 12.2 Å². The molecule has 0 amide bonds. The van der Waals surface area contributed by atoms with E-state index in [0.29, 0.717) is 12.8 Å². The Bertz CT molecular complexity index is 127. The van der Waals surface area contributed by atoms with E-state index < -0.39 is 5.79 Å². The molecule has 0 aromatic heterocycles. The van der Waals surface area contributed by atoms with E-state index in [2.05, 4.69) is 6.08 Å². The predicted molar refractivity (Wildman–Crippen MR) is 39.4 cm³/mol. The maximum atomic E-state index is 9.20. The standard InChI is InChI=1S/C8H14O2/c9-8(10)6-4-2-1-3-5-7-8/h1-2,9-10H,3-7H2/b2-1+. The van der Waals surface area contributed by atoms with Crippen LogP contribution in [0.1, 0.15) is 32.1 Å². The molecule has 2 nitrogen and oxygen atoms in total. The van der Waals surface area contributed by atoms with E-state index in [-0.39, 0.29) is 0 Å². The summed E-state index contributed by atoms with van der Waals surface area (Å²) in [5.41, 5.74) is 0. The fourth-order valence-corrected chi connectivity index (χ4v) is 1.18. The molecule has 0 unspecified atom stereocenters. The van der Waals surface area contributed by atoms with Gasteiger partial charge in [0.25, 0.3) is 0 Å². The molecule has 10 heavy (non-hydrogen) atoms. The molecule has 1 aliphatic carbocycles. The van der Waals surface area contributed by atoms with E-state index in [1.54, 1.807) is 0 Å². The molecule has 2 heteroatoms. The second kappa shape index (κ2) is 3.17. The molecule has 0 atom stereocenters. The minimum absolute atomic E-state index is 0.476. The second-order valence-corrected chi connectivity index (χ2v) is 2.88.